The first-order valence-electron chi connectivity index (χ1n) is 7.21. The van der Waals surface area contributed by atoms with Gasteiger partial charge in [0.2, 0.25) is 11.8 Å². The summed E-state index contributed by atoms with van der Waals surface area (Å²) in [5, 5.41) is 5.66. The van der Waals surface area contributed by atoms with E-state index in [1.807, 2.05) is 44.2 Å². The van der Waals surface area contributed by atoms with Crippen LogP contribution in [0.1, 0.15) is 40.0 Å². The first kappa shape index (κ1) is 16.2. The molecule has 0 unspecified atom stereocenters. The third-order valence-electron chi connectivity index (χ3n) is 3.05. The minimum atomic E-state index is -0.468. The molecule has 0 radical (unpaired) electrons. The first-order chi connectivity index (χ1) is 9.54. The lowest BCUT2D eigenvalue weighted by atomic mass is 10.1. The van der Waals surface area contributed by atoms with Crippen LogP contribution in [0.5, 0.6) is 0 Å². The van der Waals surface area contributed by atoms with Crippen LogP contribution in [0.3, 0.4) is 0 Å². The summed E-state index contributed by atoms with van der Waals surface area (Å²) in [4.78, 5) is 24.0. The molecule has 2 amide bonds. The Morgan fingerprint density at radius 1 is 1.10 bits per heavy atom. The fraction of sp³-hybridized carbons (Fsp3) is 0.500. The number of carbonyl (C=O) groups is 2. The van der Waals surface area contributed by atoms with Gasteiger partial charge in [0.05, 0.1) is 0 Å². The van der Waals surface area contributed by atoms with Crippen molar-refractivity contribution in [3.05, 3.63) is 30.3 Å². The maximum absolute atomic E-state index is 12.3. The Hall–Kier alpha value is -1.84. The Morgan fingerprint density at radius 3 is 2.30 bits per heavy atom. The summed E-state index contributed by atoms with van der Waals surface area (Å²) in [6.07, 6.45) is 2.56. The smallest absolute Gasteiger partial charge is 0.246 e. The zero-order valence-electron chi connectivity index (χ0n) is 12.5. The van der Waals surface area contributed by atoms with E-state index >= 15 is 0 Å². The van der Waals surface area contributed by atoms with E-state index in [0.717, 1.165) is 18.5 Å². The zero-order chi connectivity index (χ0) is 15.0. The van der Waals surface area contributed by atoms with Crippen molar-refractivity contribution in [3.8, 4) is 0 Å². The second-order valence-corrected chi connectivity index (χ2v) is 5.21. The monoisotopic (exact) mass is 276 g/mol. The Bertz CT molecular complexity index is 429. The van der Waals surface area contributed by atoms with E-state index in [1.54, 1.807) is 0 Å². The van der Waals surface area contributed by atoms with Crippen molar-refractivity contribution < 1.29 is 9.59 Å². The standard InChI is InChI=1S/C16H24N2O2/c1-4-5-11-14(18-15(19)12(2)3)16(20)17-13-9-7-6-8-10-13/h6-10,12,14H,4-5,11H2,1-3H3,(H,17,20)(H,18,19)/t14-/m0/s1. The summed E-state index contributed by atoms with van der Waals surface area (Å²) in [7, 11) is 0. The number of hydrogen-bond donors (Lipinski definition) is 2. The van der Waals surface area contributed by atoms with Gasteiger partial charge in [-0.25, -0.2) is 0 Å². The van der Waals surface area contributed by atoms with Gasteiger partial charge in [-0.2, -0.15) is 0 Å². The molecule has 0 aliphatic heterocycles. The lowest BCUT2D eigenvalue weighted by Crippen LogP contribution is -2.45. The number of benzene rings is 1. The van der Waals surface area contributed by atoms with Crippen molar-refractivity contribution in [1.29, 1.82) is 0 Å². The van der Waals surface area contributed by atoms with Gasteiger partial charge >= 0.3 is 0 Å². The third-order valence-corrected chi connectivity index (χ3v) is 3.05. The van der Waals surface area contributed by atoms with Crippen molar-refractivity contribution in [2.75, 3.05) is 5.32 Å². The van der Waals surface area contributed by atoms with Gasteiger partial charge in [0.25, 0.3) is 0 Å². The molecule has 0 aliphatic rings. The Kier molecular flexibility index (Phi) is 6.77. The summed E-state index contributed by atoms with van der Waals surface area (Å²) in [5.41, 5.74) is 0.748. The van der Waals surface area contributed by atoms with Gasteiger partial charge < -0.3 is 10.6 Å². The fourth-order valence-electron chi connectivity index (χ4n) is 1.77. The highest BCUT2D eigenvalue weighted by Crippen LogP contribution is 2.09. The summed E-state index contributed by atoms with van der Waals surface area (Å²) in [6.45, 7) is 5.71. The molecule has 2 N–H and O–H groups in total. The molecule has 1 aromatic rings. The normalized spacial score (nSPS) is 12.0. The molecule has 0 aliphatic carbocycles. The second-order valence-electron chi connectivity index (χ2n) is 5.21. The van der Waals surface area contributed by atoms with Crippen molar-refractivity contribution in [1.82, 2.24) is 5.32 Å². The molecule has 1 aromatic carbocycles. The van der Waals surface area contributed by atoms with Crippen LogP contribution in [0.2, 0.25) is 0 Å². The van der Waals surface area contributed by atoms with Gasteiger partial charge in [0, 0.05) is 11.6 Å². The summed E-state index contributed by atoms with van der Waals surface area (Å²) in [5.74, 6) is -0.364. The van der Waals surface area contributed by atoms with E-state index < -0.39 is 6.04 Å². The van der Waals surface area contributed by atoms with Crippen molar-refractivity contribution in [2.45, 2.75) is 46.1 Å². The van der Waals surface area contributed by atoms with Gasteiger partial charge in [-0.05, 0) is 18.6 Å². The third kappa shape index (κ3) is 5.43. The number of para-hydroxylation sites is 1. The highest BCUT2D eigenvalue weighted by molar-refractivity contribution is 5.97. The molecule has 1 atom stereocenters. The lowest BCUT2D eigenvalue weighted by Gasteiger charge is -2.19. The zero-order valence-corrected chi connectivity index (χ0v) is 12.5. The molecule has 0 aromatic heterocycles. The maximum Gasteiger partial charge on any atom is 0.246 e. The SMILES string of the molecule is CCCC[C@H](NC(=O)C(C)C)C(=O)Nc1ccccc1. The van der Waals surface area contributed by atoms with Gasteiger partial charge in [-0.3, -0.25) is 9.59 Å². The molecule has 4 heteroatoms. The molecule has 110 valence electrons. The molecule has 0 saturated heterocycles. The van der Waals surface area contributed by atoms with Crippen molar-refractivity contribution >= 4 is 17.5 Å². The number of rotatable bonds is 7. The number of carbonyl (C=O) groups excluding carboxylic acids is 2. The van der Waals surface area contributed by atoms with E-state index in [9.17, 15) is 9.59 Å². The molecule has 0 heterocycles. The predicted molar refractivity (Wildman–Crippen MR) is 81.4 cm³/mol. The van der Waals surface area contributed by atoms with Crippen LogP contribution in [-0.4, -0.2) is 17.9 Å². The summed E-state index contributed by atoms with van der Waals surface area (Å²) >= 11 is 0. The van der Waals surface area contributed by atoms with Crippen LogP contribution in [0.25, 0.3) is 0 Å². The van der Waals surface area contributed by atoms with Crippen LogP contribution in [0.4, 0.5) is 5.69 Å². The summed E-state index contributed by atoms with van der Waals surface area (Å²) in [6, 6.07) is 8.82. The van der Waals surface area contributed by atoms with Crippen molar-refractivity contribution in [3.63, 3.8) is 0 Å². The molecular formula is C16H24N2O2. The van der Waals surface area contributed by atoms with E-state index in [1.165, 1.54) is 0 Å². The van der Waals surface area contributed by atoms with Crippen LogP contribution < -0.4 is 10.6 Å². The van der Waals surface area contributed by atoms with Gasteiger partial charge in [-0.1, -0.05) is 51.8 Å². The number of unbranched alkanes of at least 4 members (excludes halogenated alkanes) is 1. The van der Waals surface area contributed by atoms with Crippen LogP contribution in [0.15, 0.2) is 30.3 Å². The molecular weight excluding hydrogens is 252 g/mol. The lowest BCUT2D eigenvalue weighted by molar-refractivity contribution is -0.128. The summed E-state index contributed by atoms with van der Waals surface area (Å²) < 4.78 is 0. The van der Waals surface area contributed by atoms with Crippen molar-refractivity contribution in [2.24, 2.45) is 5.92 Å². The first-order valence-corrected chi connectivity index (χ1v) is 7.21. The van der Waals surface area contributed by atoms with E-state index in [-0.39, 0.29) is 17.7 Å². The Labute approximate surface area is 121 Å². The van der Waals surface area contributed by atoms with Crippen LogP contribution in [0, 0.1) is 5.92 Å². The van der Waals surface area contributed by atoms with Gasteiger partial charge in [0.1, 0.15) is 6.04 Å². The quantitative estimate of drug-likeness (QED) is 0.804. The number of amides is 2. The number of hydrogen-bond acceptors (Lipinski definition) is 2. The maximum atomic E-state index is 12.3. The number of nitrogens with one attached hydrogen (secondary N) is 2. The Morgan fingerprint density at radius 2 is 1.75 bits per heavy atom. The molecule has 20 heavy (non-hydrogen) atoms. The molecule has 4 nitrogen and oxygen atoms in total. The topological polar surface area (TPSA) is 58.2 Å². The molecule has 0 bridgehead atoms. The minimum absolute atomic E-state index is 0.0886. The molecule has 0 spiro atoms. The average Bonchev–Trinajstić information content (AvgIpc) is 2.43. The second kappa shape index (κ2) is 8.35. The average molecular weight is 276 g/mol. The fourth-order valence-corrected chi connectivity index (χ4v) is 1.77. The predicted octanol–water partition coefficient (Wildman–Crippen LogP) is 2.96. The van der Waals surface area contributed by atoms with Crippen LogP contribution in [-0.2, 0) is 9.59 Å². The Balaban J connectivity index is 2.66. The molecule has 0 saturated carbocycles. The van der Waals surface area contributed by atoms with Crippen LogP contribution >= 0.6 is 0 Å². The van der Waals surface area contributed by atoms with E-state index in [4.69, 9.17) is 0 Å². The minimum Gasteiger partial charge on any atom is -0.344 e. The van der Waals surface area contributed by atoms with E-state index in [2.05, 4.69) is 17.6 Å². The molecule has 0 fully saturated rings. The van der Waals surface area contributed by atoms with E-state index in [0.29, 0.717) is 6.42 Å². The largest absolute Gasteiger partial charge is 0.344 e. The van der Waals surface area contributed by atoms with Gasteiger partial charge in [0.15, 0.2) is 0 Å². The number of anilines is 1. The van der Waals surface area contributed by atoms with Gasteiger partial charge in [-0.15, -0.1) is 0 Å². The highest BCUT2D eigenvalue weighted by atomic mass is 16.2. The highest BCUT2D eigenvalue weighted by Gasteiger charge is 2.21. The molecule has 1 rings (SSSR count).